The summed E-state index contributed by atoms with van der Waals surface area (Å²) in [7, 11) is 4.84. The smallest absolute Gasteiger partial charge is 0.272 e. The molecule has 190 valence electrons. The average Bonchev–Trinajstić information content (AvgIpc) is 3.36. The van der Waals surface area contributed by atoms with Crippen LogP contribution in [-0.4, -0.2) is 53.3 Å². The Morgan fingerprint density at radius 3 is 2.49 bits per heavy atom. The molecule has 1 amide bonds. The second kappa shape index (κ2) is 11.1. The molecule has 9 nitrogen and oxygen atoms in total. The molecule has 10 heteroatoms. The molecule has 0 aliphatic heterocycles. The van der Waals surface area contributed by atoms with Crippen molar-refractivity contribution in [3.8, 4) is 28.4 Å². The van der Waals surface area contributed by atoms with Crippen LogP contribution in [-0.2, 0) is 6.42 Å². The van der Waals surface area contributed by atoms with Crippen molar-refractivity contribution in [3.05, 3.63) is 99.2 Å². The number of amides is 1. The van der Waals surface area contributed by atoms with E-state index in [4.69, 9.17) is 21.1 Å². The second-order valence-corrected chi connectivity index (χ2v) is 8.66. The van der Waals surface area contributed by atoms with Crippen LogP contribution in [0.2, 0.25) is 5.02 Å². The van der Waals surface area contributed by atoms with Crippen molar-refractivity contribution in [3.63, 3.8) is 0 Å². The fourth-order valence-electron chi connectivity index (χ4n) is 3.90. The highest BCUT2D eigenvalue weighted by atomic mass is 35.5. The van der Waals surface area contributed by atoms with Gasteiger partial charge in [0.05, 0.1) is 35.5 Å². The van der Waals surface area contributed by atoms with Crippen molar-refractivity contribution in [2.24, 2.45) is 0 Å². The largest absolute Gasteiger partial charge is 0.493 e. The molecule has 0 radical (unpaired) electrons. The van der Waals surface area contributed by atoms with Gasteiger partial charge >= 0.3 is 0 Å². The van der Waals surface area contributed by atoms with Crippen LogP contribution in [0.4, 0.5) is 5.69 Å². The predicted octanol–water partition coefficient (Wildman–Crippen LogP) is 5.43. The van der Waals surface area contributed by atoms with E-state index in [1.165, 1.54) is 16.8 Å². The SMILES string of the molecule is COc1ccc(CCN(C)C(=O)c2cc(-c3ccccc3Cl)nn2-c2cccc([N+](=O)[O-])c2)cc1OC. The van der Waals surface area contributed by atoms with Crippen LogP contribution in [0.1, 0.15) is 16.1 Å². The van der Waals surface area contributed by atoms with Crippen molar-refractivity contribution in [2.75, 3.05) is 27.8 Å². The minimum Gasteiger partial charge on any atom is -0.493 e. The summed E-state index contributed by atoms with van der Waals surface area (Å²) in [5, 5.41) is 16.4. The number of rotatable bonds is 9. The first-order chi connectivity index (χ1) is 17.8. The minimum atomic E-state index is -0.487. The topological polar surface area (TPSA) is 99.7 Å². The number of ether oxygens (including phenoxy) is 2. The van der Waals surface area contributed by atoms with Crippen molar-refractivity contribution < 1.29 is 19.2 Å². The third-order valence-corrected chi connectivity index (χ3v) is 6.22. The highest BCUT2D eigenvalue weighted by molar-refractivity contribution is 6.33. The number of carbonyl (C=O) groups excluding carboxylic acids is 1. The maximum absolute atomic E-state index is 13.6. The Morgan fingerprint density at radius 2 is 1.78 bits per heavy atom. The van der Waals surface area contributed by atoms with Crippen molar-refractivity contribution >= 4 is 23.2 Å². The van der Waals surface area contributed by atoms with Gasteiger partial charge in [-0.1, -0.05) is 41.9 Å². The van der Waals surface area contributed by atoms with Crippen LogP contribution >= 0.6 is 11.6 Å². The van der Waals surface area contributed by atoms with Gasteiger partial charge in [0.2, 0.25) is 0 Å². The molecule has 0 saturated carbocycles. The van der Waals surface area contributed by atoms with Crippen LogP contribution in [0.3, 0.4) is 0 Å². The summed E-state index contributed by atoms with van der Waals surface area (Å²) in [6.45, 7) is 0.413. The molecule has 4 aromatic rings. The lowest BCUT2D eigenvalue weighted by Gasteiger charge is -2.18. The summed E-state index contributed by atoms with van der Waals surface area (Å²) in [5.74, 6) is 0.948. The summed E-state index contributed by atoms with van der Waals surface area (Å²) in [6, 6.07) is 20.4. The van der Waals surface area contributed by atoms with Gasteiger partial charge in [0.25, 0.3) is 11.6 Å². The van der Waals surface area contributed by atoms with Crippen LogP contribution in [0.15, 0.2) is 72.8 Å². The highest BCUT2D eigenvalue weighted by Crippen LogP contribution is 2.30. The highest BCUT2D eigenvalue weighted by Gasteiger charge is 2.22. The molecule has 37 heavy (non-hydrogen) atoms. The number of methoxy groups -OCH3 is 2. The minimum absolute atomic E-state index is 0.104. The number of non-ortho nitro benzene ring substituents is 1. The number of carbonyl (C=O) groups is 1. The molecule has 0 aliphatic carbocycles. The normalized spacial score (nSPS) is 10.7. The van der Waals surface area contributed by atoms with E-state index in [9.17, 15) is 14.9 Å². The molecular formula is C27H25ClN4O5. The van der Waals surface area contributed by atoms with Gasteiger partial charge in [0, 0.05) is 31.3 Å². The van der Waals surface area contributed by atoms with Crippen LogP contribution in [0.5, 0.6) is 11.5 Å². The molecule has 0 bridgehead atoms. The Balaban J connectivity index is 1.66. The Hall–Kier alpha value is -4.37. The quantitative estimate of drug-likeness (QED) is 0.215. The number of hydrogen-bond donors (Lipinski definition) is 0. The lowest BCUT2D eigenvalue weighted by Crippen LogP contribution is -2.30. The van der Waals surface area contributed by atoms with Gasteiger partial charge in [-0.2, -0.15) is 5.10 Å². The van der Waals surface area contributed by atoms with Gasteiger partial charge in [0.1, 0.15) is 5.69 Å². The van der Waals surface area contributed by atoms with Crippen LogP contribution < -0.4 is 9.47 Å². The second-order valence-electron chi connectivity index (χ2n) is 8.25. The summed E-state index contributed by atoms with van der Waals surface area (Å²) in [6.07, 6.45) is 0.574. The van der Waals surface area contributed by atoms with E-state index in [0.29, 0.717) is 46.4 Å². The molecule has 1 heterocycles. The van der Waals surface area contributed by atoms with Gasteiger partial charge in [-0.25, -0.2) is 4.68 Å². The molecule has 0 fully saturated rings. The average molecular weight is 521 g/mol. The zero-order valence-corrected chi connectivity index (χ0v) is 21.3. The molecule has 4 rings (SSSR count). The predicted molar refractivity (Wildman–Crippen MR) is 141 cm³/mol. The van der Waals surface area contributed by atoms with Crippen molar-refractivity contribution in [1.29, 1.82) is 0 Å². The first-order valence-corrected chi connectivity index (χ1v) is 11.8. The number of hydrogen-bond acceptors (Lipinski definition) is 6. The summed E-state index contributed by atoms with van der Waals surface area (Å²) < 4.78 is 12.1. The molecular weight excluding hydrogens is 496 g/mol. The monoisotopic (exact) mass is 520 g/mol. The van der Waals surface area contributed by atoms with Crippen LogP contribution in [0.25, 0.3) is 16.9 Å². The first kappa shape index (κ1) is 25.7. The number of halogens is 1. The fraction of sp³-hybridized carbons (Fsp3) is 0.185. The Morgan fingerprint density at radius 1 is 1.03 bits per heavy atom. The van der Waals surface area contributed by atoms with Gasteiger partial charge < -0.3 is 14.4 Å². The zero-order chi connectivity index (χ0) is 26.5. The van der Waals surface area contributed by atoms with E-state index in [2.05, 4.69) is 5.10 Å². The molecule has 0 aliphatic rings. The Bertz CT molecular complexity index is 1450. The van der Waals surface area contributed by atoms with E-state index < -0.39 is 4.92 Å². The molecule has 0 atom stereocenters. The number of nitro groups is 1. The first-order valence-electron chi connectivity index (χ1n) is 11.4. The van der Waals surface area contributed by atoms with Gasteiger partial charge in [0.15, 0.2) is 11.5 Å². The summed E-state index contributed by atoms with van der Waals surface area (Å²) in [4.78, 5) is 26.0. The van der Waals surface area contributed by atoms with Gasteiger partial charge in [-0.15, -0.1) is 0 Å². The molecule has 0 saturated heterocycles. The maximum atomic E-state index is 13.6. The van der Waals surface area contributed by atoms with Crippen molar-refractivity contribution in [1.82, 2.24) is 14.7 Å². The molecule has 1 aromatic heterocycles. The maximum Gasteiger partial charge on any atom is 0.272 e. The molecule has 0 unspecified atom stereocenters. The molecule has 0 spiro atoms. The number of aromatic nitrogens is 2. The van der Waals surface area contributed by atoms with Gasteiger partial charge in [-0.05, 0) is 42.3 Å². The summed E-state index contributed by atoms with van der Waals surface area (Å²) >= 11 is 6.39. The zero-order valence-electron chi connectivity index (χ0n) is 20.6. The number of benzene rings is 3. The van der Waals surface area contributed by atoms with E-state index in [1.54, 1.807) is 62.6 Å². The van der Waals surface area contributed by atoms with Gasteiger partial charge in [-0.3, -0.25) is 14.9 Å². The Labute approximate surface area is 219 Å². The van der Waals surface area contributed by atoms with E-state index >= 15 is 0 Å². The van der Waals surface area contributed by atoms with E-state index in [1.807, 2.05) is 24.3 Å². The number of likely N-dealkylation sites (N-methyl/N-ethyl adjacent to an activating group) is 1. The fourth-order valence-corrected chi connectivity index (χ4v) is 4.13. The van der Waals surface area contributed by atoms with E-state index in [-0.39, 0.29) is 17.3 Å². The van der Waals surface area contributed by atoms with E-state index in [0.717, 1.165) is 5.56 Å². The lowest BCUT2D eigenvalue weighted by atomic mass is 10.1. The third-order valence-electron chi connectivity index (χ3n) is 5.89. The molecule has 3 aromatic carbocycles. The van der Waals surface area contributed by atoms with Crippen molar-refractivity contribution in [2.45, 2.75) is 6.42 Å². The third kappa shape index (κ3) is 5.57. The number of nitro benzene ring substituents is 1. The standard InChI is InChI=1S/C27H25ClN4O5/c1-30(14-13-18-11-12-25(36-2)26(15-18)37-3)27(33)24-17-23(21-9-4-5-10-22(21)28)29-31(24)19-7-6-8-20(16-19)32(34)35/h4-12,15-17H,13-14H2,1-3H3. The summed E-state index contributed by atoms with van der Waals surface area (Å²) in [5.41, 5.74) is 2.65. The van der Waals surface area contributed by atoms with Crippen LogP contribution in [0, 0.1) is 10.1 Å². The Kier molecular flexibility index (Phi) is 7.74. The lowest BCUT2D eigenvalue weighted by molar-refractivity contribution is -0.384. The molecule has 0 N–H and O–H groups in total. The number of nitrogens with zero attached hydrogens (tertiary/aromatic N) is 4.